The number of hydrogen-bond acceptors (Lipinski definition) is 4. The summed E-state index contributed by atoms with van der Waals surface area (Å²) in [7, 11) is -3.63. The van der Waals surface area contributed by atoms with E-state index in [1.165, 1.54) is 18.6 Å². The van der Waals surface area contributed by atoms with Gasteiger partial charge in [-0.2, -0.15) is 0 Å². The van der Waals surface area contributed by atoms with Crippen molar-refractivity contribution in [2.24, 2.45) is 0 Å². The molecular formula is C18H22N2O3S2. The van der Waals surface area contributed by atoms with Crippen LogP contribution in [-0.2, 0) is 14.8 Å². The molecule has 25 heavy (non-hydrogen) atoms. The first-order valence-electron chi connectivity index (χ1n) is 7.85. The Kier molecular flexibility index (Phi) is 6.64. The van der Waals surface area contributed by atoms with Gasteiger partial charge in [0.25, 0.3) is 0 Å². The van der Waals surface area contributed by atoms with E-state index in [0.29, 0.717) is 23.5 Å². The van der Waals surface area contributed by atoms with E-state index in [0.717, 1.165) is 4.90 Å². The summed E-state index contributed by atoms with van der Waals surface area (Å²) in [5.74, 6) is 0.391. The van der Waals surface area contributed by atoms with Crippen molar-refractivity contribution < 1.29 is 13.2 Å². The molecule has 0 heterocycles. The lowest BCUT2D eigenvalue weighted by atomic mass is 10.2. The highest BCUT2D eigenvalue weighted by Crippen LogP contribution is 2.21. The summed E-state index contributed by atoms with van der Waals surface area (Å²) in [6, 6.07) is 13.0. The summed E-state index contributed by atoms with van der Waals surface area (Å²) in [5, 5.41) is 2.60. The third-order valence-electron chi connectivity index (χ3n) is 3.48. The molecule has 0 unspecified atom stereocenters. The van der Waals surface area contributed by atoms with Gasteiger partial charge in [0, 0.05) is 29.8 Å². The molecule has 134 valence electrons. The number of aryl methyl sites for hydroxylation is 2. The van der Waals surface area contributed by atoms with Crippen LogP contribution in [0.25, 0.3) is 0 Å². The van der Waals surface area contributed by atoms with Crippen LogP contribution in [0.1, 0.15) is 18.1 Å². The monoisotopic (exact) mass is 378 g/mol. The van der Waals surface area contributed by atoms with Crippen LogP contribution in [0.2, 0.25) is 0 Å². The molecule has 1 amide bonds. The zero-order valence-corrected chi connectivity index (χ0v) is 16.1. The number of carbonyl (C=O) groups excluding carboxylic acids is 1. The Morgan fingerprint density at radius 2 is 1.76 bits per heavy atom. The van der Waals surface area contributed by atoms with Crippen molar-refractivity contribution in [3.05, 3.63) is 53.6 Å². The maximum atomic E-state index is 12.5. The fraction of sp³-hybridized carbons (Fsp3) is 0.278. The lowest BCUT2D eigenvalue weighted by molar-refractivity contribution is -0.114. The van der Waals surface area contributed by atoms with Gasteiger partial charge >= 0.3 is 0 Å². The second kappa shape index (κ2) is 8.51. The molecule has 0 aliphatic rings. The van der Waals surface area contributed by atoms with Crippen molar-refractivity contribution >= 4 is 33.4 Å². The summed E-state index contributed by atoms with van der Waals surface area (Å²) in [6.07, 6.45) is 0. The van der Waals surface area contributed by atoms with Crippen molar-refractivity contribution in [1.82, 2.24) is 4.72 Å². The third kappa shape index (κ3) is 5.88. The van der Waals surface area contributed by atoms with E-state index in [1.54, 1.807) is 30.8 Å². The summed E-state index contributed by atoms with van der Waals surface area (Å²) >= 11 is 1.60. The van der Waals surface area contributed by atoms with Gasteiger partial charge in [-0.3, -0.25) is 4.79 Å². The number of nitrogens with one attached hydrogen (secondary N) is 2. The quantitative estimate of drug-likeness (QED) is 0.572. The van der Waals surface area contributed by atoms with E-state index in [4.69, 9.17) is 0 Å². The number of carbonyl (C=O) groups is 1. The molecule has 0 aliphatic carbocycles. The number of amides is 1. The second-order valence-electron chi connectivity index (χ2n) is 5.72. The lowest BCUT2D eigenvalue weighted by Crippen LogP contribution is -2.26. The first-order valence-corrected chi connectivity index (χ1v) is 10.3. The van der Waals surface area contributed by atoms with Crippen molar-refractivity contribution in [3.8, 4) is 0 Å². The molecule has 0 saturated carbocycles. The van der Waals surface area contributed by atoms with Gasteiger partial charge < -0.3 is 5.32 Å². The molecule has 0 atom stereocenters. The highest BCUT2D eigenvalue weighted by Gasteiger charge is 2.17. The minimum Gasteiger partial charge on any atom is -0.326 e. The molecule has 5 nitrogen and oxygen atoms in total. The van der Waals surface area contributed by atoms with Gasteiger partial charge in [-0.1, -0.05) is 23.8 Å². The number of thioether (sulfide) groups is 1. The number of rotatable bonds is 7. The normalized spacial score (nSPS) is 11.3. The van der Waals surface area contributed by atoms with Crippen molar-refractivity contribution in [2.75, 3.05) is 17.6 Å². The smallest absolute Gasteiger partial charge is 0.240 e. The average Bonchev–Trinajstić information content (AvgIpc) is 2.54. The van der Waals surface area contributed by atoms with E-state index in [-0.39, 0.29) is 10.8 Å². The molecule has 0 spiro atoms. The highest BCUT2D eigenvalue weighted by molar-refractivity contribution is 7.99. The van der Waals surface area contributed by atoms with Gasteiger partial charge in [-0.05, 0) is 43.7 Å². The van der Waals surface area contributed by atoms with E-state index in [2.05, 4.69) is 10.0 Å². The maximum absolute atomic E-state index is 12.5. The van der Waals surface area contributed by atoms with Crippen LogP contribution in [-0.4, -0.2) is 26.6 Å². The minimum atomic E-state index is -3.63. The van der Waals surface area contributed by atoms with Crippen molar-refractivity contribution in [1.29, 1.82) is 0 Å². The Hall–Kier alpha value is -1.83. The van der Waals surface area contributed by atoms with E-state index in [1.807, 2.05) is 31.2 Å². The Morgan fingerprint density at radius 3 is 2.40 bits per heavy atom. The van der Waals surface area contributed by atoms with Crippen LogP contribution >= 0.6 is 11.8 Å². The molecule has 0 saturated heterocycles. The third-order valence-corrected chi connectivity index (χ3v) is 6.10. The molecule has 2 rings (SSSR count). The maximum Gasteiger partial charge on any atom is 0.240 e. The first-order chi connectivity index (χ1) is 11.8. The van der Waals surface area contributed by atoms with Gasteiger partial charge in [0.15, 0.2) is 0 Å². The van der Waals surface area contributed by atoms with E-state index in [9.17, 15) is 13.2 Å². The molecule has 7 heteroatoms. The molecule has 0 aromatic heterocycles. The largest absolute Gasteiger partial charge is 0.326 e. The van der Waals surface area contributed by atoms with Crippen molar-refractivity contribution in [3.63, 3.8) is 0 Å². The summed E-state index contributed by atoms with van der Waals surface area (Å²) in [6.45, 7) is 5.46. The predicted octanol–water partition coefficient (Wildman–Crippen LogP) is 3.33. The fourth-order valence-electron chi connectivity index (χ4n) is 2.23. The first kappa shape index (κ1) is 19.5. The number of benzene rings is 2. The minimum absolute atomic E-state index is 0.180. The van der Waals surface area contributed by atoms with Gasteiger partial charge in [-0.25, -0.2) is 13.1 Å². The molecular weight excluding hydrogens is 356 g/mol. The Bertz CT molecular complexity index is 847. The van der Waals surface area contributed by atoms with E-state index < -0.39 is 10.0 Å². The van der Waals surface area contributed by atoms with Crippen molar-refractivity contribution in [2.45, 2.75) is 30.6 Å². The van der Waals surface area contributed by atoms with Crippen LogP contribution in [0.4, 0.5) is 5.69 Å². The Balaban J connectivity index is 1.98. The topological polar surface area (TPSA) is 75.3 Å². The van der Waals surface area contributed by atoms with E-state index >= 15 is 0 Å². The summed E-state index contributed by atoms with van der Waals surface area (Å²) in [5.41, 5.74) is 2.29. The Morgan fingerprint density at radius 1 is 1.08 bits per heavy atom. The number of sulfonamides is 1. The Labute approximate surface area is 153 Å². The molecule has 2 aromatic rings. The SMILES string of the molecule is CC(=O)Nc1ccc(C)c(S(=O)(=O)NCCSc2ccc(C)cc2)c1. The molecule has 0 radical (unpaired) electrons. The van der Waals surface area contributed by atoms with Gasteiger partial charge in [0.2, 0.25) is 15.9 Å². The van der Waals surface area contributed by atoms with Crippen LogP contribution in [0.15, 0.2) is 52.3 Å². The summed E-state index contributed by atoms with van der Waals surface area (Å²) < 4.78 is 27.6. The molecule has 0 aliphatic heterocycles. The molecule has 2 aromatic carbocycles. The van der Waals surface area contributed by atoms with Crippen LogP contribution in [0.3, 0.4) is 0 Å². The predicted molar refractivity (Wildman–Crippen MR) is 103 cm³/mol. The van der Waals surface area contributed by atoms with Gasteiger partial charge in [0.05, 0.1) is 4.90 Å². The fourth-order valence-corrected chi connectivity index (χ4v) is 4.43. The van der Waals surface area contributed by atoms with Gasteiger partial charge in [-0.15, -0.1) is 11.8 Å². The van der Waals surface area contributed by atoms with Gasteiger partial charge in [0.1, 0.15) is 0 Å². The van der Waals surface area contributed by atoms with Crippen LogP contribution in [0.5, 0.6) is 0 Å². The van der Waals surface area contributed by atoms with Crippen LogP contribution in [0, 0.1) is 13.8 Å². The zero-order valence-electron chi connectivity index (χ0n) is 14.5. The standard InChI is InChI=1S/C18H22N2O3S2/c1-13-4-8-17(9-5-13)24-11-10-19-25(22,23)18-12-16(20-15(3)21)7-6-14(18)2/h4-9,12,19H,10-11H2,1-3H3,(H,20,21). The molecule has 2 N–H and O–H groups in total. The lowest BCUT2D eigenvalue weighted by Gasteiger charge is -2.11. The highest BCUT2D eigenvalue weighted by atomic mass is 32.2. The summed E-state index contributed by atoms with van der Waals surface area (Å²) in [4.78, 5) is 12.4. The molecule has 0 fully saturated rings. The molecule has 0 bridgehead atoms. The second-order valence-corrected chi connectivity index (χ2v) is 8.62. The zero-order chi connectivity index (χ0) is 18.4. The van der Waals surface area contributed by atoms with Crippen LogP contribution < -0.4 is 10.0 Å². The number of anilines is 1. The average molecular weight is 379 g/mol. The number of hydrogen-bond donors (Lipinski definition) is 2.